The molecular formula is C16H22N4O. The first-order valence-electron chi connectivity index (χ1n) is 7.08. The van der Waals surface area contributed by atoms with E-state index in [2.05, 4.69) is 20.6 Å². The molecule has 2 aromatic rings. The monoisotopic (exact) mass is 286 g/mol. The summed E-state index contributed by atoms with van der Waals surface area (Å²) >= 11 is 0. The van der Waals surface area contributed by atoms with Gasteiger partial charge in [-0.3, -0.25) is 0 Å². The van der Waals surface area contributed by atoms with Crippen LogP contribution >= 0.6 is 0 Å². The lowest BCUT2D eigenvalue weighted by Gasteiger charge is -2.15. The van der Waals surface area contributed by atoms with Gasteiger partial charge in [-0.2, -0.15) is 0 Å². The maximum absolute atomic E-state index is 5.24. The highest BCUT2D eigenvalue weighted by Gasteiger charge is 2.11. The lowest BCUT2D eigenvalue weighted by Crippen LogP contribution is -2.07. The van der Waals surface area contributed by atoms with Crippen molar-refractivity contribution in [1.82, 2.24) is 9.97 Å². The van der Waals surface area contributed by atoms with Gasteiger partial charge in [0.25, 0.3) is 0 Å². The zero-order valence-electron chi connectivity index (χ0n) is 13.0. The molecule has 2 rings (SSSR count). The highest BCUT2D eigenvalue weighted by Crippen LogP contribution is 2.25. The Hall–Kier alpha value is -2.14. The van der Waals surface area contributed by atoms with Crippen molar-refractivity contribution in [3.05, 3.63) is 41.2 Å². The normalized spacial score (nSPS) is 10.5. The van der Waals surface area contributed by atoms with Gasteiger partial charge >= 0.3 is 0 Å². The van der Waals surface area contributed by atoms with Crippen molar-refractivity contribution in [2.24, 2.45) is 0 Å². The highest BCUT2D eigenvalue weighted by atomic mass is 16.5. The van der Waals surface area contributed by atoms with Crippen molar-refractivity contribution in [1.29, 1.82) is 0 Å². The summed E-state index contributed by atoms with van der Waals surface area (Å²) in [6.45, 7) is 4.62. The fraction of sp³-hybridized carbons (Fsp3) is 0.375. The van der Waals surface area contributed by atoms with Crippen molar-refractivity contribution in [3.8, 4) is 0 Å². The summed E-state index contributed by atoms with van der Waals surface area (Å²) in [4.78, 5) is 9.08. The Bertz CT molecular complexity index is 613. The molecule has 112 valence electrons. The Morgan fingerprint density at radius 2 is 1.86 bits per heavy atom. The molecule has 5 heteroatoms. The van der Waals surface area contributed by atoms with Crippen molar-refractivity contribution in [2.75, 3.05) is 24.8 Å². The van der Waals surface area contributed by atoms with E-state index in [1.54, 1.807) is 7.11 Å². The molecule has 2 N–H and O–H groups in total. The fourth-order valence-corrected chi connectivity index (χ4v) is 2.14. The first kappa shape index (κ1) is 15.3. The number of aromatic nitrogens is 2. The second-order valence-corrected chi connectivity index (χ2v) is 4.78. The summed E-state index contributed by atoms with van der Waals surface area (Å²) in [5.41, 5.74) is 3.11. The molecular weight excluding hydrogens is 264 g/mol. The highest BCUT2D eigenvalue weighted by molar-refractivity contribution is 5.66. The third kappa shape index (κ3) is 3.49. The van der Waals surface area contributed by atoms with Crippen molar-refractivity contribution in [2.45, 2.75) is 26.9 Å². The predicted octanol–water partition coefficient (Wildman–Crippen LogP) is 3.28. The Morgan fingerprint density at radius 3 is 2.52 bits per heavy atom. The van der Waals surface area contributed by atoms with Gasteiger partial charge in [-0.25, -0.2) is 9.97 Å². The summed E-state index contributed by atoms with van der Waals surface area (Å²) in [7, 11) is 3.57. The minimum atomic E-state index is 0.562. The Labute approximate surface area is 125 Å². The molecule has 0 saturated carbocycles. The summed E-state index contributed by atoms with van der Waals surface area (Å²) in [5, 5.41) is 6.52. The van der Waals surface area contributed by atoms with E-state index in [0.717, 1.165) is 40.7 Å². The van der Waals surface area contributed by atoms with Gasteiger partial charge in [0.1, 0.15) is 17.5 Å². The molecule has 0 spiro atoms. The van der Waals surface area contributed by atoms with E-state index in [9.17, 15) is 0 Å². The minimum Gasteiger partial charge on any atom is -0.380 e. The average Bonchev–Trinajstić information content (AvgIpc) is 2.51. The third-order valence-corrected chi connectivity index (χ3v) is 3.32. The molecule has 0 amide bonds. The van der Waals surface area contributed by atoms with E-state index in [0.29, 0.717) is 6.61 Å². The van der Waals surface area contributed by atoms with Gasteiger partial charge in [-0.15, -0.1) is 0 Å². The number of aryl methyl sites for hydroxylation is 1. The van der Waals surface area contributed by atoms with Gasteiger partial charge in [0.05, 0.1) is 6.61 Å². The van der Waals surface area contributed by atoms with Gasteiger partial charge < -0.3 is 15.4 Å². The van der Waals surface area contributed by atoms with Crippen molar-refractivity contribution >= 4 is 17.3 Å². The van der Waals surface area contributed by atoms with Crippen LogP contribution < -0.4 is 10.6 Å². The number of hydrogen-bond acceptors (Lipinski definition) is 5. The zero-order chi connectivity index (χ0) is 15.2. The maximum Gasteiger partial charge on any atom is 0.139 e. The molecule has 0 aliphatic carbocycles. The number of para-hydroxylation sites is 1. The molecule has 0 aliphatic rings. The molecule has 0 unspecified atom stereocenters. The maximum atomic E-state index is 5.24. The molecule has 0 saturated heterocycles. The first-order valence-corrected chi connectivity index (χ1v) is 7.08. The number of hydrogen-bond donors (Lipinski definition) is 2. The quantitative estimate of drug-likeness (QED) is 0.853. The number of nitrogens with one attached hydrogen (secondary N) is 2. The number of benzene rings is 1. The van der Waals surface area contributed by atoms with Crippen molar-refractivity contribution in [3.63, 3.8) is 0 Å². The molecule has 1 heterocycles. The molecule has 0 aliphatic heterocycles. The van der Waals surface area contributed by atoms with Crippen LogP contribution in [0.3, 0.4) is 0 Å². The molecule has 1 aromatic carbocycles. The van der Waals surface area contributed by atoms with E-state index >= 15 is 0 Å². The van der Waals surface area contributed by atoms with Gasteiger partial charge in [0.15, 0.2) is 0 Å². The van der Waals surface area contributed by atoms with Crippen LogP contribution in [-0.4, -0.2) is 24.1 Å². The minimum absolute atomic E-state index is 0.562. The van der Waals surface area contributed by atoms with Crippen LogP contribution in [0.15, 0.2) is 24.3 Å². The standard InChI is InChI=1S/C16H22N4O/c1-5-14-19-15(17-3)11(2)16(20-14)18-13-9-7-6-8-12(13)10-21-4/h6-9H,5,10H2,1-4H3,(H2,17,18,19,20). The molecule has 0 radical (unpaired) electrons. The van der Waals surface area contributed by atoms with Crippen LogP contribution in [0.25, 0.3) is 0 Å². The van der Waals surface area contributed by atoms with Crippen LogP contribution in [0.5, 0.6) is 0 Å². The molecule has 5 nitrogen and oxygen atoms in total. The summed E-state index contributed by atoms with van der Waals surface area (Å²) in [6.07, 6.45) is 0.795. The SMILES string of the molecule is CCc1nc(NC)c(C)c(Nc2ccccc2COC)n1. The molecule has 1 aromatic heterocycles. The van der Waals surface area contributed by atoms with E-state index in [4.69, 9.17) is 4.74 Å². The van der Waals surface area contributed by atoms with E-state index < -0.39 is 0 Å². The Morgan fingerprint density at radius 1 is 1.14 bits per heavy atom. The second kappa shape index (κ2) is 7.04. The van der Waals surface area contributed by atoms with E-state index in [-0.39, 0.29) is 0 Å². The number of ether oxygens (including phenoxy) is 1. The molecule has 0 atom stereocenters. The van der Waals surface area contributed by atoms with Crippen LogP contribution in [0.4, 0.5) is 17.3 Å². The topological polar surface area (TPSA) is 59.1 Å². The van der Waals surface area contributed by atoms with Crippen LogP contribution in [0, 0.1) is 6.92 Å². The van der Waals surface area contributed by atoms with Gasteiger partial charge in [-0.05, 0) is 13.0 Å². The zero-order valence-corrected chi connectivity index (χ0v) is 13.0. The van der Waals surface area contributed by atoms with Gasteiger partial charge in [-0.1, -0.05) is 25.1 Å². The van der Waals surface area contributed by atoms with Crippen LogP contribution in [-0.2, 0) is 17.8 Å². The Balaban J connectivity index is 2.39. The number of anilines is 3. The summed E-state index contributed by atoms with van der Waals surface area (Å²) in [5.74, 6) is 2.50. The lowest BCUT2D eigenvalue weighted by molar-refractivity contribution is 0.185. The molecule has 0 fully saturated rings. The lowest BCUT2D eigenvalue weighted by atomic mass is 10.2. The summed E-state index contributed by atoms with van der Waals surface area (Å²) < 4.78 is 5.24. The third-order valence-electron chi connectivity index (χ3n) is 3.32. The first-order chi connectivity index (χ1) is 10.2. The Kier molecular flexibility index (Phi) is 5.11. The average molecular weight is 286 g/mol. The van der Waals surface area contributed by atoms with E-state index in [1.165, 1.54) is 0 Å². The smallest absolute Gasteiger partial charge is 0.139 e. The van der Waals surface area contributed by atoms with E-state index in [1.807, 2.05) is 45.2 Å². The largest absolute Gasteiger partial charge is 0.380 e. The van der Waals surface area contributed by atoms with Gasteiger partial charge in [0, 0.05) is 37.4 Å². The second-order valence-electron chi connectivity index (χ2n) is 4.78. The predicted molar refractivity (Wildman–Crippen MR) is 86.1 cm³/mol. The van der Waals surface area contributed by atoms with Crippen LogP contribution in [0.2, 0.25) is 0 Å². The summed E-state index contributed by atoms with van der Waals surface area (Å²) in [6, 6.07) is 8.07. The van der Waals surface area contributed by atoms with Gasteiger partial charge in [0.2, 0.25) is 0 Å². The van der Waals surface area contributed by atoms with Crippen molar-refractivity contribution < 1.29 is 4.74 Å². The molecule has 0 bridgehead atoms. The fourth-order valence-electron chi connectivity index (χ4n) is 2.14. The number of methoxy groups -OCH3 is 1. The molecule has 21 heavy (non-hydrogen) atoms. The van der Waals surface area contributed by atoms with Crippen LogP contribution in [0.1, 0.15) is 23.9 Å². The number of rotatable bonds is 6. The number of nitrogens with zero attached hydrogens (tertiary/aromatic N) is 2.